The van der Waals surface area contributed by atoms with Crippen molar-refractivity contribution in [3.63, 3.8) is 0 Å². The topological polar surface area (TPSA) is 284 Å². The Kier molecular flexibility index (Phi) is 32.3. The van der Waals surface area contributed by atoms with Crippen LogP contribution >= 0.6 is 12.6 Å². The molecule has 19 nitrogen and oxygen atoms in total. The molecule has 0 fully saturated rings. The van der Waals surface area contributed by atoms with Gasteiger partial charge >= 0.3 is 0 Å². The molecule has 0 aromatic rings. The predicted octanol–water partition coefficient (Wildman–Crippen LogP) is -0.582. The number of carbonyl (C=O) groups excluding carboxylic acids is 11. The fourth-order valence-corrected chi connectivity index (χ4v) is 6.96. The van der Waals surface area contributed by atoms with Gasteiger partial charge in [-0.1, -0.05) is 6.92 Å². The second-order valence-corrected chi connectivity index (χ2v) is 19.3. The first-order valence-electron chi connectivity index (χ1n) is 21.0. The molecular formula is C40H67N8O11S4-. The highest BCUT2D eigenvalue weighted by Crippen LogP contribution is 2.19. The zero-order chi connectivity index (χ0) is 47.9. The Hall–Kier alpha value is -3.93. The maximum Gasteiger partial charge on any atom is 0.240 e. The molecule has 358 valence electrons. The van der Waals surface area contributed by atoms with Gasteiger partial charge in [0.15, 0.2) is 0 Å². The van der Waals surface area contributed by atoms with Gasteiger partial charge in [0, 0.05) is 69.9 Å². The highest BCUT2D eigenvalue weighted by molar-refractivity contribution is 8.46. The van der Waals surface area contributed by atoms with E-state index < -0.39 is 73.9 Å². The van der Waals surface area contributed by atoms with Crippen molar-refractivity contribution < 1.29 is 52.7 Å². The predicted molar refractivity (Wildman–Crippen MR) is 247 cm³/mol. The normalized spacial score (nSPS) is 13.8. The number of hydrogen-bond donors (Lipinski definition) is 9. The Bertz CT molecular complexity index is 1640. The molecule has 0 aromatic carbocycles. The molecule has 0 aromatic heterocycles. The molecular weight excluding hydrogens is 897 g/mol. The number of likely N-dealkylation sites (N-methyl/N-ethyl adjacent to an activating group) is 1. The Balaban J connectivity index is 5.84. The van der Waals surface area contributed by atoms with Crippen LogP contribution in [0.5, 0.6) is 0 Å². The number of rotatable bonds is 36. The number of hydrogen-bond acceptors (Lipinski definition) is 16. The van der Waals surface area contributed by atoms with E-state index in [1.54, 1.807) is 20.9 Å². The van der Waals surface area contributed by atoms with Crippen LogP contribution < -0.4 is 42.5 Å². The van der Waals surface area contributed by atoms with Crippen LogP contribution in [0.2, 0.25) is 0 Å². The van der Waals surface area contributed by atoms with Crippen molar-refractivity contribution in [2.45, 2.75) is 129 Å². The first-order chi connectivity index (χ1) is 29.8. The lowest BCUT2D eigenvalue weighted by atomic mass is 9.91. The summed E-state index contributed by atoms with van der Waals surface area (Å²) < 4.78 is 0. The van der Waals surface area contributed by atoms with Crippen LogP contribution in [0.25, 0.3) is 0 Å². The largest absolute Gasteiger partial charge is 0.374 e. The van der Waals surface area contributed by atoms with Crippen LogP contribution in [-0.2, 0) is 83.1 Å². The zero-order valence-electron chi connectivity index (χ0n) is 36.9. The molecule has 0 saturated carbocycles. The van der Waals surface area contributed by atoms with Crippen molar-refractivity contribution in [2.75, 3.05) is 38.9 Å². The van der Waals surface area contributed by atoms with Gasteiger partial charge < -0.3 is 60.1 Å². The van der Waals surface area contributed by atoms with Crippen molar-refractivity contribution in [2.24, 2.45) is 17.8 Å². The van der Waals surface area contributed by atoms with E-state index in [1.807, 2.05) is 0 Å². The van der Waals surface area contributed by atoms with E-state index >= 15 is 0 Å². The smallest absolute Gasteiger partial charge is 0.240 e. The van der Waals surface area contributed by atoms with Gasteiger partial charge in [-0.25, -0.2) is 0 Å². The average molecular weight is 964 g/mol. The highest BCUT2D eigenvalue weighted by Gasteiger charge is 2.28. The molecule has 0 aliphatic rings. The zero-order valence-corrected chi connectivity index (χ0v) is 40.3. The molecule has 7 amide bonds. The Labute approximate surface area is 387 Å². The number of aldehydes is 1. The summed E-state index contributed by atoms with van der Waals surface area (Å²) in [6.07, 6.45) is 1.35. The van der Waals surface area contributed by atoms with Crippen LogP contribution in [0, 0.1) is 17.8 Å². The van der Waals surface area contributed by atoms with Gasteiger partial charge in [-0.05, 0) is 78.1 Å². The molecule has 0 bridgehead atoms. The summed E-state index contributed by atoms with van der Waals surface area (Å²) in [5, 5.41) is 20.8. The number of carbonyl (C=O) groups is 11. The molecule has 0 radical (unpaired) electrons. The molecule has 0 spiro atoms. The van der Waals surface area contributed by atoms with Crippen molar-refractivity contribution in [1.82, 2.24) is 42.5 Å². The summed E-state index contributed by atoms with van der Waals surface area (Å²) in [7, 11) is 2.05. The second-order valence-electron chi connectivity index (χ2n) is 15.1. The quantitative estimate of drug-likeness (QED) is 0.0125. The third-order valence-corrected chi connectivity index (χ3v) is 11.4. The molecule has 0 aliphatic heterocycles. The van der Waals surface area contributed by atoms with E-state index in [2.05, 4.69) is 55.2 Å². The first-order valence-corrected chi connectivity index (χ1v) is 24.9. The van der Waals surface area contributed by atoms with Crippen LogP contribution in [0.1, 0.15) is 111 Å². The van der Waals surface area contributed by atoms with Gasteiger partial charge in [0.2, 0.25) is 41.4 Å². The van der Waals surface area contributed by atoms with E-state index in [4.69, 9.17) is 22.4 Å². The van der Waals surface area contributed by atoms with Crippen LogP contribution in [0.3, 0.4) is 0 Å². The summed E-state index contributed by atoms with van der Waals surface area (Å²) in [6.45, 7) is 4.72. The molecule has 6 atom stereocenters. The third kappa shape index (κ3) is 27.8. The minimum atomic E-state index is -1.23. The number of unbranched alkanes of at least 4 members (excludes halogenated alkanes) is 1. The maximum atomic E-state index is 13.5. The number of thiol groups is 1. The Morgan fingerprint density at radius 2 is 1.24 bits per heavy atom. The number of ketones is 3. The van der Waals surface area contributed by atoms with Gasteiger partial charge in [-0.15, -0.1) is 0 Å². The standard InChI is InChI=1S/C40H67N8O11S4/c1-6-27(38(57)45-23-60)12-14-31(51)20-29(39(58)44-21-35(54)47-30(22-49)9-7-8-18-43-36(55)26(3)41-4)13-17-34(53)48-33(40(59)46-24-63(61)62)16-15-32(52)19-28(37(56)42-5)11-10-25(2)50/h22,26-30,33,41,60H,6-21,23-24H2,1-5H3,(H,42,56)(H,43,55)(H,44,58)(H,45,57)(H,46,59)(H,47,54)(H,48,53)/q-1/t26-,27-,28+,29+,30-,33-/m0/s1. The Morgan fingerprint density at radius 3 is 1.79 bits per heavy atom. The highest BCUT2D eigenvalue weighted by atomic mass is 33.1. The van der Waals surface area contributed by atoms with E-state index in [9.17, 15) is 52.7 Å². The molecule has 23 heteroatoms. The van der Waals surface area contributed by atoms with Crippen LogP contribution in [0.15, 0.2) is 0 Å². The lowest BCUT2D eigenvalue weighted by Crippen LogP contribution is -2.47. The summed E-state index contributed by atoms with van der Waals surface area (Å²) in [4.78, 5) is 139. The Morgan fingerprint density at radius 1 is 0.651 bits per heavy atom. The van der Waals surface area contributed by atoms with E-state index in [0.717, 1.165) is 0 Å². The van der Waals surface area contributed by atoms with Gasteiger partial charge in [-0.2, -0.15) is 12.6 Å². The van der Waals surface area contributed by atoms with Gasteiger partial charge in [0.1, 0.15) is 29.7 Å². The third-order valence-electron chi connectivity index (χ3n) is 10.1. The summed E-state index contributed by atoms with van der Waals surface area (Å²) >= 11 is 14.0. The average Bonchev–Trinajstić information content (AvgIpc) is 3.24. The maximum absolute atomic E-state index is 13.5. The summed E-state index contributed by atoms with van der Waals surface area (Å²) in [5.41, 5.74) is 0. The first kappa shape index (κ1) is 59.1. The fraction of sp³-hybridized carbons (Fsp3) is 0.725. The van der Waals surface area contributed by atoms with Gasteiger partial charge in [0.05, 0.1) is 24.5 Å². The molecule has 0 unspecified atom stereocenters. The summed E-state index contributed by atoms with van der Waals surface area (Å²) in [6, 6.07) is -2.45. The van der Waals surface area contributed by atoms with Gasteiger partial charge in [-0.3, -0.25) is 65.5 Å². The molecule has 0 heterocycles. The van der Waals surface area contributed by atoms with Crippen LogP contribution in [0.4, 0.5) is 0 Å². The van der Waals surface area contributed by atoms with Crippen molar-refractivity contribution in [3.8, 4) is 0 Å². The van der Waals surface area contributed by atoms with E-state index in [0.29, 0.717) is 32.1 Å². The lowest BCUT2D eigenvalue weighted by Gasteiger charge is -2.21. The summed E-state index contributed by atoms with van der Waals surface area (Å²) in [5.74, 6) is -6.77. The van der Waals surface area contributed by atoms with Crippen molar-refractivity contribution in [1.29, 1.82) is 0 Å². The molecule has 0 aliphatic carbocycles. The van der Waals surface area contributed by atoms with E-state index in [1.165, 1.54) is 14.0 Å². The molecule has 0 saturated heterocycles. The number of amides is 7. The minimum absolute atomic E-state index is 0.0483. The SMILES string of the molecule is CC[C@@H](CCC(=O)C[C@@H](CCC(=O)N[C@@H](CCC(=O)C[C@@H](CCC(C)=O)C(=O)NC)C(=O)NC[S-](=S)=S)C(=O)NCC(=O)N[C@H](C=O)CCCCNC(=O)[C@H](C)NC)C(=O)NCS. The second kappa shape index (κ2) is 34.5. The lowest BCUT2D eigenvalue weighted by molar-refractivity contribution is -0.133. The van der Waals surface area contributed by atoms with E-state index in [-0.39, 0.29) is 118 Å². The van der Waals surface area contributed by atoms with Gasteiger partial charge in [0.25, 0.3) is 0 Å². The molecule has 0 rings (SSSR count). The van der Waals surface area contributed by atoms with Crippen molar-refractivity contribution >= 4 is 108 Å². The monoisotopic (exact) mass is 963 g/mol. The molecule has 63 heavy (non-hydrogen) atoms. The number of Topliss-reactive ketones (excluding diaryl/α,β-unsaturated/α-hetero) is 3. The number of nitrogens with one attached hydrogen (secondary N) is 8. The molecule has 8 N–H and O–H groups in total. The van der Waals surface area contributed by atoms with Crippen LogP contribution in [-0.4, -0.2) is 122 Å². The minimum Gasteiger partial charge on any atom is -0.374 e. The fourth-order valence-electron chi connectivity index (χ4n) is 6.19. The van der Waals surface area contributed by atoms with Crippen molar-refractivity contribution in [3.05, 3.63) is 0 Å².